The SMILES string of the molecule is O=C(NC1CC1)c1ccc(CN(Cc2ccco2)Cc2nnsc2Cl)cc1. The number of aromatic nitrogens is 2. The van der Waals surface area contributed by atoms with E-state index in [4.69, 9.17) is 16.0 Å². The van der Waals surface area contributed by atoms with Gasteiger partial charge in [0.25, 0.3) is 5.91 Å². The Morgan fingerprint density at radius 1 is 1.22 bits per heavy atom. The van der Waals surface area contributed by atoms with Crippen LogP contribution in [0.5, 0.6) is 0 Å². The zero-order chi connectivity index (χ0) is 18.6. The standard InChI is InChI=1S/C19H19ClN4O2S/c20-18-17(22-23-27-18)12-24(11-16-2-1-9-26-16)10-13-3-5-14(6-4-13)19(25)21-15-7-8-15/h1-6,9,15H,7-8,10-12H2,(H,21,25). The van der Waals surface area contributed by atoms with Crippen LogP contribution in [0.4, 0.5) is 0 Å². The van der Waals surface area contributed by atoms with Gasteiger partial charge in [0.15, 0.2) is 0 Å². The minimum absolute atomic E-state index is 0.00294. The second-order valence-electron chi connectivity index (χ2n) is 6.66. The fourth-order valence-corrected chi connectivity index (χ4v) is 3.42. The van der Waals surface area contributed by atoms with Crippen LogP contribution in [0.25, 0.3) is 0 Å². The highest BCUT2D eigenvalue weighted by Gasteiger charge is 2.23. The first-order valence-electron chi connectivity index (χ1n) is 8.78. The van der Waals surface area contributed by atoms with Gasteiger partial charge in [-0.15, -0.1) is 5.10 Å². The lowest BCUT2D eigenvalue weighted by molar-refractivity contribution is 0.0951. The van der Waals surface area contributed by atoms with Gasteiger partial charge in [-0.1, -0.05) is 28.2 Å². The molecule has 8 heteroatoms. The van der Waals surface area contributed by atoms with Gasteiger partial charge in [-0.2, -0.15) is 0 Å². The van der Waals surface area contributed by atoms with Crippen molar-refractivity contribution < 1.29 is 9.21 Å². The third-order valence-corrected chi connectivity index (χ3v) is 5.36. The van der Waals surface area contributed by atoms with Crippen LogP contribution in [0.15, 0.2) is 47.1 Å². The number of nitrogens with zero attached hydrogens (tertiary/aromatic N) is 3. The maximum absolute atomic E-state index is 12.1. The molecule has 4 rings (SSSR count). The van der Waals surface area contributed by atoms with Crippen molar-refractivity contribution in [1.82, 2.24) is 19.8 Å². The molecule has 2 aromatic heterocycles. The predicted molar refractivity (Wildman–Crippen MR) is 104 cm³/mol. The third-order valence-electron chi connectivity index (χ3n) is 4.38. The summed E-state index contributed by atoms with van der Waals surface area (Å²) < 4.78 is 9.99. The van der Waals surface area contributed by atoms with Gasteiger partial charge in [0.1, 0.15) is 15.8 Å². The van der Waals surface area contributed by atoms with E-state index in [2.05, 4.69) is 19.8 Å². The molecule has 1 amide bonds. The van der Waals surface area contributed by atoms with Crippen LogP contribution in [0, 0.1) is 0 Å². The molecule has 1 saturated carbocycles. The van der Waals surface area contributed by atoms with Crippen molar-refractivity contribution in [2.45, 2.75) is 38.5 Å². The molecule has 1 aliphatic carbocycles. The molecule has 0 atom stereocenters. The monoisotopic (exact) mass is 402 g/mol. The second kappa shape index (κ2) is 8.21. The number of amides is 1. The van der Waals surface area contributed by atoms with E-state index < -0.39 is 0 Å². The maximum atomic E-state index is 12.1. The average molecular weight is 403 g/mol. The number of carbonyl (C=O) groups excluding carboxylic acids is 1. The number of nitrogens with one attached hydrogen (secondary N) is 1. The average Bonchev–Trinajstić information content (AvgIpc) is 3.15. The smallest absolute Gasteiger partial charge is 0.251 e. The van der Waals surface area contributed by atoms with E-state index in [0.29, 0.717) is 35.6 Å². The predicted octanol–water partition coefficient (Wildman–Crippen LogP) is 3.88. The minimum Gasteiger partial charge on any atom is -0.468 e. The quantitative estimate of drug-likeness (QED) is 0.619. The van der Waals surface area contributed by atoms with E-state index in [0.717, 1.165) is 29.9 Å². The Hall–Kier alpha value is -2.22. The zero-order valence-electron chi connectivity index (χ0n) is 14.6. The normalized spacial score (nSPS) is 13.9. The third kappa shape index (κ3) is 4.94. The number of rotatable bonds is 8. The van der Waals surface area contributed by atoms with Crippen LogP contribution in [0.3, 0.4) is 0 Å². The van der Waals surface area contributed by atoms with Crippen LogP contribution in [0.1, 0.15) is 40.2 Å². The summed E-state index contributed by atoms with van der Waals surface area (Å²) in [6, 6.07) is 11.9. The van der Waals surface area contributed by atoms with E-state index >= 15 is 0 Å². The van der Waals surface area contributed by atoms with Gasteiger partial charge in [-0.25, -0.2) is 0 Å². The summed E-state index contributed by atoms with van der Waals surface area (Å²) in [6.07, 6.45) is 3.83. The molecule has 3 aromatic rings. The first kappa shape index (κ1) is 18.2. The summed E-state index contributed by atoms with van der Waals surface area (Å²) in [7, 11) is 0. The number of benzene rings is 1. The van der Waals surface area contributed by atoms with Gasteiger partial charge in [-0.05, 0) is 42.7 Å². The lowest BCUT2D eigenvalue weighted by Crippen LogP contribution is -2.25. The Bertz CT molecular complexity index is 891. The van der Waals surface area contributed by atoms with Crippen molar-refractivity contribution in [2.75, 3.05) is 0 Å². The zero-order valence-corrected chi connectivity index (χ0v) is 16.2. The van der Waals surface area contributed by atoms with Crippen LogP contribution in [-0.2, 0) is 19.6 Å². The molecular weight excluding hydrogens is 384 g/mol. The highest BCUT2D eigenvalue weighted by Crippen LogP contribution is 2.22. The van der Waals surface area contributed by atoms with Gasteiger partial charge in [0, 0.05) is 36.2 Å². The van der Waals surface area contributed by atoms with Crippen LogP contribution < -0.4 is 5.32 Å². The molecule has 140 valence electrons. The maximum Gasteiger partial charge on any atom is 0.251 e. The Morgan fingerprint density at radius 3 is 2.67 bits per heavy atom. The molecule has 0 radical (unpaired) electrons. The summed E-state index contributed by atoms with van der Waals surface area (Å²) in [4.78, 5) is 14.3. The van der Waals surface area contributed by atoms with Crippen LogP contribution in [-0.4, -0.2) is 26.4 Å². The second-order valence-corrected chi connectivity index (χ2v) is 8.02. The van der Waals surface area contributed by atoms with Crippen molar-refractivity contribution in [1.29, 1.82) is 0 Å². The first-order chi connectivity index (χ1) is 13.2. The topological polar surface area (TPSA) is 71.3 Å². The summed E-state index contributed by atoms with van der Waals surface area (Å²) in [5.41, 5.74) is 2.55. The van der Waals surface area contributed by atoms with Crippen molar-refractivity contribution in [3.8, 4) is 0 Å². The summed E-state index contributed by atoms with van der Waals surface area (Å²) in [5.74, 6) is 0.867. The van der Waals surface area contributed by atoms with Gasteiger partial charge >= 0.3 is 0 Å². The first-order valence-corrected chi connectivity index (χ1v) is 9.94. The van der Waals surface area contributed by atoms with Crippen LogP contribution >= 0.6 is 23.1 Å². The molecule has 0 bridgehead atoms. The van der Waals surface area contributed by atoms with E-state index in [9.17, 15) is 4.79 Å². The van der Waals surface area contributed by atoms with E-state index in [-0.39, 0.29) is 5.91 Å². The lowest BCUT2D eigenvalue weighted by Gasteiger charge is -2.20. The van der Waals surface area contributed by atoms with Crippen molar-refractivity contribution in [3.63, 3.8) is 0 Å². The highest BCUT2D eigenvalue weighted by atomic mass is 35.5. The molecule has 2 heterocycles. The molecule has 1 N–H and O–H groups in total. The molecule has 0 aliphatic heterocycles. The molecule has 1 aliphatic rings. The minimum atomic E-state index is -0.00294. The van der Waals surface area contributed by atoms with Gasteiger partial charge < -0.3 is 9.73 Å². The molecule has 1 fully saturated rings. The van der Waals surface area contributed by atoms with E-state index in [1.807, 2.05) is 36.4 Å². The van der Waals surface area contributed by atoms with Gasteiger partial charge in [0.2, 0.25) is 0 Å². The molecule has 0 unspecified atom stereocenters. The largest absolute Gasteiger partial charge is 0.468 e. The number of halogens is 1. The van der Waals surface area contributed by atoms with Crippen LogP contribution in [0.2, 0.25) is 4.34 Å². The Kier molecular flexibility index (Phi) is 5.52. The molecule has 27 heavy (non-hydrogen) atoms. The molecule has 0 spiro atoms. The van der Waals surface area contributed by atoms with Crippen molar-refractivity contribution >= 4 is 29.0 Å². The number of hydrogen-bond donors (Lipinski definition) is 1. The number of furan rings is 1. The Morgan fingerprint density at radius 2 is 2.04 bits per heavy atom. The Labute approximate surface area is 166 Å². The van der Waals surface area contributed by atoms with E-state index in [1.165, 1.54) is 11.5 Å². The molecule has 1 aromatic carbocycles. The molecule has 0 saturated heterocycles. The lowest BCUT2D eigenvalue weighted by atomic mass is 10.1. The molecule has 6 nitrogen and oxygen atoms in total. The van der Waals surface area contributed by atoms with Gasteiger partial charge in [-0.3, -0.25) is 9.69 Å². The molecular formula is C19H19ClN4O2S. The number of hydrogen-bond acceptors (Lipinski definition) is 6. The fourth-order valence-electron chi connectivity index (χ4n) is 2.81. The number of carbonyl (C=O) groups is 1. The van der Waals surface area contributed by atoms with E-state index in [1.54, 1.807) is 6.26 Å². The van der Waals surface area contributed by atoms with Gasteiger partial charge in [0.05, 0.1) is 12.8 Å². The Balaban J connectivity index is 1.44. The summed E-state index contributed by atoms with van der Waals surface area (Å²) >= 11 is 7.36. The summed E-state index contributed by atoms with van der Waals surface area (Å²) in [5, 5.41) is 7.11. The fraction of sp³-hybridized carbons (Fsp3) is 0.316. The van der Waals surface area contributed by atoms with Crippen molar-refractivity contribution in [2.24, 2.45) is 0 Å². The van der Waals surface area contributed by atoms with Crippen molar-refractivity contribution in [3.05, 3.63) is 69.6 Å². The summed E-state index contributed by atoms with van der Waals surface area (Å²) in [6.45, 7) is 1.88. The highest BCUT2D eigenvalue weighted by molar-refractivity contribution is 7.10.